The number of aliphatic carboxylic acids is 1. The van der Waals surface area contributed by atoms with Gasteiger partial charge in [-0.05, 0) is 62.8 Å². The molecule has 20 nitrogen and oxygen atoms in total. The fourth-order valence-electron chi connectivity index (χ4n) is 7.63. The SMILES string of the molecule is CC[C@H](C)[C@H](NC(=O)[C@@H](NC(=O)[C@@H](C[C@H](O)[C@H](CC(C)C)NC(=O)[C@H](Cc1cnc[nH]1)NC(=O)[C@H](Cc1ccccc1)NC(=O)OC(C)(C)C)C(C)C)C(C)C)C(=O)N[C@@H](Cc1cnc[nH]1)C(=O)O. The van der Waals surface area contributed by atoms with Crippen molar-refractivity contribution in [3.05, 3.63) is 72.3 Å². The number of aromatic nitrogens is 4. The number of H-pyrrole nitrogens is 2. The fraction of sp³-hybridized carbons (Fsp3) is 0.612. The van der Waals surface area contributed by atoms with Gasteiger partial charge in [-0.2, -0.15) is 0 Å². The van der Waals surface area contributed by atoms with E-state index in [1.54, 1.807) is 67.5 Å². The molecule has 0 radical (unpaired) electrons. The number of alkyl carbamates (subject to hydrolysis) is 1. The number of nitrogens with one attached hydrogen (secondary N) is 8. The van der Waals surface area contributed by atoms with Gasteiger partial charge >= 0.3 is 12.1 Å². The van der Waals surface area contributed by atoms with Gasteiger partial charge < -0.3 is 56.8 Å². The molecule has 10 N–H and O–H groups in total. The Morgan fingerprint density at radius 2 is 1.16 bits per heavy atom. The van der Waals surface area contributed by atoms with Gasteiger partial charge in [0.25, 0.3) is 0 Å². The number of carbonyl (C=O) groups is 7. The Labute approximate surface area is 405 Å². The predicted octanol–water partition coefficient (Wildman–Crippen LogP) is 3.33. The first-order valence-corrected chi connectivity index (χ1v) is 23.8. The van der Waals surface area contributed by atoms with Crippen molar-refractivity contribution in [1.82, 2.24) is 51.8 Å². The van der Waals surface area contributed by atoms with E-state index >= 15 is 0 Å². The number of ether oxygens (including phenoxy) is 1. The molecule has 0 fully saturated rings. The van der Waals surface area contributed by atoms with Crippen LogP contribution in [0.15, 0.2) is 55.4 Å². The molecule has 0 unspecified atom stereocenters. The number of benzene rings is 1. The van der Waals surface area contributed by atoms with Gasteiger partial charge in [0.1, 0.15) is 35.8 Å². The highest BCUT2D eigenvalue weighted by Gasteiger charge is 2.37. The molecule has 3 rings (SSSR count). The van der Waals surface area contributed by atoms with Crippen LogP contribution in [0.25, 0.3) is 0 Å². The fourth-order valence-corrected chi connectivity index (χ4v) is 7.63. The van der Waals surface area contributed by atoms with Crippen molar-refractivity contribution in [2.45, 2.75) is 163 Å². The van der Waals surface area contributed by atoms with Crippen molar-refractivity contribution in [2.24, 2.45) is 29.6 Å². The van der Waals surface area contributed by atoms with Crippen LogP contribution in [0.3, 0.4) is 0 Å². The number of carbonyl (C=O) groups excluding carboxylic acids is 6. The average molecular weight is 965 g/mol. The number of carboxylic acid groups (broad SMARTS) is 1. The lowest BCUT2D eigenvalue weighted by atomic mass is 9.85. The van der Waals surface area contributed by atoms with E-state index < -0.39 is 107 Å². The van der Waals surface area contributed by atoms with Crippen LogP contribution < -0.4 is 31.9 Å². The Morgan fingerprint density at radius 3 is 1.65 bits per heavy atom. The van der Waals surface area contributed by atoms with E-state index in [1.807, 2.05) is 39.0 Å². The number of nitrogens with zero attached hydrogens (tertiary/aromatic N) is 2. The molecule has 0 aliphatic heterocycles. The van der Waals surface area contributed by atoms with Crippen LogP contribution in [0.1, 0.15) is 112 Å². The number of carboxylic acids is 1. The zero-order valence-corrected chi connectivity index (χ0v) is 41.9. The summed E-state index contributed by atoms with van der Waals surface area (Å²) < 4.78 is 5.45. The zero-order valence-electron chi connectivity index (χ0n) is 41.9. The first-order valence-electron chi connectivity index (χ1n) is 23.8. The minimum atomic E-state index is -1.31. The third-order valence-corrected chi connectivity index (χ3v) is 11.7. The summed E-state index contributed by atoms with van der Waals surface area (Å²) in [7, 11) is 0. The first-order chi connectivity index (χ1) is 32.4. The molecule has 1 aromatic carbocycles. The molecule has 20 heteroatoms. The first kappa shape index (κ1) is 57.0. The third-order valence-electron chi connectivity index (χ3n) is 11.7. The highest BCUT2D eigenvalue weighted by molar-refractivity contribution is 5.94. The number of aliphatic hydroxyl groups is 1. The minimum Gasteiger partial charge on any atom is -0.480 e. The minimum absolute atomic E-state index is 0.0207. The normalized spacial score (nSPS) is 15.6. The number of amides is 6. The van der Waals surface area contributed by atoms with Crippen molar-refractivity contribution in [2.75, 3.05) is 0 Å². The van der Waals surface area contributed by atoms with Gasteiger partial charge in [0.2, 0.25) is 29.5 Å². The summed E-state index contributed by atoms with van der Waals surface area (Å²) in [6.07, 6.45) is 4.36. The maximum atomic E-state index is 14.3. The number of aliphatic hydroxyl groups excluding tert-OH is 1. The molecule has 382 valence electrons. The second-order valence-electron chi connectivity index (χ2n) is 19.9. The summed E-state index contributed by atoms with van der Waals surface area (Å²) in [5.41, 5.74) is 0.928. The Kier molecular flexibility index (Phi) is 22.3. The molecule has 0 bridgehead atoms. The van der Waals surface area contributed by atoms with Crippen molar-refractivity contribution >= 4 is 41.6 Å². The highest BCUT2D eigenvalue weighted by atomic mass is 16.6. The van der Waals surface area contributed by atoms with Crippen LogP contribution in [0.2, 0.25) is 0 Å². The Balaban J connectivity index is 1.83. The van der Waals surface area contributed by atoms with Crippen LogP contribution in [0, 0.1) is 29.6 Å². The standard InChI is InChI=1S/C49H76N10O10/c1-12-30(8)41(46(65)56-38(47(66)67)21-33-24-51-26-53-33)59-45(64)40(29(6)7)58-42(61)34(28(4)5)22-39(60)35(18-27(2)3)54-44(63)37(20-32-23-50-25-52-32)55-43(62)36(19-31-16-14-13-15-17-31)57-48(68)69-49(9,10)11/h13-17,23-30,34-41,60H,12,18-22H2,1-11H3,(H,50,52)(H,51,53)(H,54,63)(H,55,62)(H,56,65)(H,57,68)(H,58,61)(H,59,64)(H,66,67)/t30-,34-,35-,36-,37-,38-,39-,40-,41-/m0/s1. The van der Waals surface area contributed by atoms with Crippen LogP contribution in [0.4, 0.5) is 4.79 Å². The molecular weight excluding hydrogens is 889 g/mol. The van der Waals surface area contributed by atoms with E-state index in [0.29, 0.717) is 24.2 Å². The molecule has 0 saturated carbocycles. The number of aromatic amines is 2. The second-order valence-corrected chi connectivity index (χ2v) is 19.9. The predicted molar refractivity (Wildman–Crippen MR) is 258 cm³/mol. The average Bonchev–Trinajstić information content (AvgIpc) is 3.99. The van der Waals surface area contributed by atoms with Gasteiger partial charge in [0.05, 0.1) is 24.8 Å². The monoisotopic (exact) mass is 965 g/mol. The number of hydrogen-bond acceptors (Lipinski definition) is 11. The van der Waals surface area contributed by atoms with Crippen LogP contribution in [-0.4, -0.2) is 120 Å². The van der Waals surface area contributed by atoms with E-state index in [4.69, 9.17) is 4.74 Å². The van der Waals surface area contributed by atoms with Gasteiger partial charge in [-0.15, -0.1) is 0 Å². The molecule has 0 aliphatic carbocycles. The Morgan fingerprint density at radius 1 is 0.638 bits per heavy atom. The molecular formula is C49H76N10O10. The second kappa shape index (κ2) is 27.0. The van der Waals surface area contributed by atoms with Gasteiger partial charge in [-0.25, -0.2) is 19.6 Å². The Bertz CT molecular complexity index is 2090. The van der Waals surface area contributed by atoms with E-state index in [9.17, 15) is 43.8 Å². The molecule has 0 spiro atoms. The van der Waals surface area contributed by atoms with E-state index in [1.165, 1.54) is 25.0 Å². The van der Waals surface area contributed by atoms with Gasteiger partial charge in [0.15, 0.2) is 0 Å². The topological polar surface area (TPSA) is 299 Å². The maximum Gasteiger partial charge on any atom is 0.408 e. The molecule has 2 heterocycles. The molecule has 0 saturated heterocycles. The van der Waals surface area contributed by atoms with Crippen LogP contribution >= 0.6 is 0 Å². The van der Waals surface area contributed by atoms with Gasteiger partial charge in [-0.3, -0.25) is 24.0 Å². The van der Waals surface area contributed by atoms with Crippen LogP contribution in [-0.2, 0) is 52.8 Å². The largest absolute Gasteiger partial charge is 0.480 e. The lowest BCUT2D eigenvalue weighted by Gasteiger charge is -2.33. The summed E-state index contributed by atoms with van der Waals surface area (Å²) in [6, 6.07) is 2.24. The zero-order chi connectivity index (χ0) is 51.6. The lowest BCUT2D eigenvalue weighted by Crippen LogP contribution is -2.59. The highest BCUT2D eigenvalue weighted by Crippen LogP contribution is 2.23. The van der Waals surface area contributed by atoms with E-state index in [0.717, 1.165) is 5.56 Å². The third kappa shape index (κ3) is 19.3. The van der Waals surface area contributed by atoms with Gasteiger partial charge in [0, 0.05) is 49.0 Å². The summed E-state index contributed by atoms with van der Waals surface area (Å²) in [6.45, 7) is 19.6. The van der Waals surface area contributed by atoms with Gasteiger partial charge in [-0.1, -0.05) is 92.1 Å². The Hall–Kier alpha value is -6.31. The molecule has 3 aromatic rings. The van der Waals surface area contributed by atoms with E-state index in [-0.39, 0.29) is 37.5 Å². The summed E-state index contributed by atoms with van der Waals surface area (Å²) in [5.74, 6) is -6.54. The van der Waals surface area contributed by atoms with E-state index in [2.05, 4.69) is 51.8 Å². The molecule has 0 aliphatic rings. The summed E-state index contributed by atoms with van der Waals surface area (Å²) in [5, 5.41) is 38.4. The molecule has 6 amide bonds. The number of hydrogen-bond donors (Lipinski definition) is 10. The smallest absolute Gasteiger partial charge is 0.408 e. The van der Waals surface area contributed by atoms with Crippen molar-refractivity contribution in [3.63, 3.8) is 0 Å². The molecule has 9 atom stereocenters. The summed E-state index contributed by atoms with van der Waals surface area (Å²) in [4.78, 5) is 109. The maximum absolute atomic E-state index is 14.3. The van der Waals surface area contributed by atoms with Crippen molar-refractivity contribution in [1.29, 1.82) is 0 Å². The molecule has 69 heavy (non-hydrogen) atoms. The van der Waals surface area contributed by atoms with Crippen molar-refractivity contribution < 1.29 is 48.5 Å². The number of rotatable bonds is 27. The molecule has 2 aromatic heterocycles. The lowest BCUT2D eigenvalue weighted by molar-refractivity contribution is -0.142. The van der Waals surface area contributed by atoms with Crippen LogP contribution in [0.5, 0.6) is 0 Å². The van der Waals surface area contributed by atoms with Crippen molar-refractivity contribution in [3.8, 4) is 0 Å². The summed E-state index contributed by atoms with van der Waals surface area (Å²) >= 11 is 0. The number of imidazole rings is 2. The quantitative estimate of drug-likeness (QED) is 0.0527.